The number of fused-ring (bicyclic) bond motifs is 1. The highest BCUT2D eigenvalue weighted by Gasteiger charge is 2.36. The van der Waals surface area contributed by atoms with Gasteiger partial charge in [0.2, 0.25) is 11.8 Å². The maximum Gasteiger partial charge on any atom is 0.243 e. The van der Waals surface area contributed by atoms with Crippen LogP contribution in [0.4, 0.5) is 5.69 Å². The molecule has 0 radical (unpaired) electrons. The molecule has 4 N–H and O–H groups in total. The van der Waals surface area contributed by atoms with Crippen LogP contribution in [0, 0.1) is 5.92 Å². The second-order valence-electron chi connectivity index (χ2n) is 3.36. The van der Waals surface area contributed by atoms with Gasteiger partial charge in [0.05, 0.1) is 0 Å². The highest BCUT2D eigenvalue weighted by atomic mass is 16.4. The van der Waals surface area contributed by atoms with Gasteiger partial charge in [0, 0.05) is 11.3 Å². The summed E-state index contributed by atoms with van der Waals surface area (Å²) < 4.78 is 0. The minimum absolute atomic E-state index is 0.0214. The third-order valence-corrected chi connectivity index (χ3v) is 2.39. The van der Waals surface area contributed by atoms with Crippen molar-refractivity contribution < 1.29 is 14.8 Å². The molecule has 1 aromatic carbocycles. The largest absolute Gasteiger partial charge is 0.411 e. The Balaban J connectivity index is 2.59. The van der Waals surface area contributed by atoms with Crippen LogP contribution in [0.15, 0.2) is 29.4 Å². The van der Waals surface area contributed by atoms with E-state index in [1.54, 1.807) is 24.3 Å². The quantitative estimate of drug-likeness (QED) is 0.349. The Bertz CT molecular complexity index is 496. The topological polar surface area (TPSA) is 105 Å². The molecule has 1 atom stereocenters. The van der Waals surface area contributed by atoms with E-state index in [2.05, 4.69) is 10.5 Å². The number of amides is 2. The number of carbonyl (C=O) groups excluding carboxylic acids is 2. The molecule has 6 nitrogen and oxygen atoms in total. The Labute approximate surface area is 90.7 Å². The normalized spacial score (nSPS) is 21.4. The van der Waals surface area contributed by atoms with Crippen LogP contribution in [-0.2, 0) is 9.59 Å². The maximum absolute atomic E-state index is 11.6. The molecule has 2 rings (SSSR count). The van der Waals surface area contributed by atoms with Gasteiger partial charge in [-0.15, -0.1) is 0 Å². The van der Waals surface area contributed by atoms with Crippen LogP contribution in [0.3, 0.4) is 0 Å². The zero-order valence-corrected chi connectivity index (χ0v) is 8.18. The fourth-order valence-corrected chi connectivity index (χ4v) is 1.68. The van der Waals surface area contributed by atoms with E-state index in [4.69, 9.17) is 10.9 Å². The zero-order valence-electron chi connectivity index (χ0n) is 8.18. The van der Waals surface area contributed by atoms with Crippen molar-refractivity contribution in [3.05, 3.63) is 29.8 Å². The number of hydrogen-bond acceptors (Lipinski definition) is 4. The molecule has 6 heteroatoms. The summed E-state index contributed by atoms with van der Waals surface area (Å²) in [6.45, 7) is 0. The Morgan fingerprint density at radius 1 is 1.44 bits per heavy atom. The second kappa shape index (κ2) is 3.65. The van der Waals surface area contributed by atoms with Crippen LogP contribution in [0.5, 0.6) is 0 Å². The first kappa shape index (κ1) is 10.2. The first-order chi connectivity index (χ1) is 7.65. The van der Waals surface area contributed by atoms with E-state index in [-0.39, 0.29) is 5.71 Å². The van der Waals surface area contributed by atoms with E-state index >= 15 is 0 Å². The van der Waals surface area contributed by atoms with Crippen molar-refractivity contribution >= 4 is 23.2 Å². The lowest BCUT2D eigenvalue weighted by Gasteiger charge is -2.23. The van der Waals surface area contributed by atoms with Gasteiger partial charge in [-0.25, -0.2) is 0 Å². The zero-order chi connectivity index (χ0) is 11.7. The molecule has 0 aliphatic carbocycles. The number of hydrogen-bond donors (Lipinski definition) is 3. The minimum Gasteiger partial charge on any atom is -0.411 e. The summed E-state index contributed by atoms with van der Waals surface area (Å²) in [5, 5.41) is 14.4. The molecule has 0 saturated heterocycles. The third kappa shape index (κ3) is 1.40. The third-order valence-electron chi connectivity index (χ3n) is 2.39. The van der Waals surface area contributed by atoms with Crippen LogP contribution in [0.2, 0.25) is 0 Å². The molecule has 82 valence electrons. The maximum atomic E-state index is 11.6. The smallest absolute Gasteiger partial charge is 0.243 e. The molecule has 0 aromatic heterocycles. The Morgan fingerprint density at radius 2 is 2.12 bits per heavy atom. The van der Waals surface area contributed by atoms with Gasteiger partial charge < -0.3 is 16.3 Å². The van der Waals surface area contributed by atoms with Gasteiger partial charge >= 0.3 is 0 Å². The highest BCUT2D eigenvalue weighted by molar-refractivity contribution is 6.31. The number of para-hydroxylation sites is 1. The van der Waals surface area contributed by atoms with Crippen molar-refractivity contribution in [1.29, 1.82) is 0 Å². The standard InChI is InChI=1S/C10H9N3O3/c11-9(14)7-8(13-16)5-3-1-2-4-6(5)12-10(7)15/h1-4,7,16H,(H2,11,14)(H,12,15)/b13-8-. The fourth-order valence-electron chi connectivity index (χ4n) is 1.68. The van der Waals surface area contributed by atoms with Crippen molar-refractivity contribution in [3.63, 3.8) is 0 Å². The molecule has 0 saturated carbocycles. The number of nitrogens with one attached hydrogen (secondary N) is 1. The van der Waals surface area contributed by atoms with E-state index in [0.29, 0.717) is 11.3 Å². The Kier molecular flexibility index (Phi) is 2.32. The van der Waals surface area contributed by atoms with Crippen LogP contribution in [-0.4, -0.2) is 22.7 Å². The summed E-state index contributed by atoms with van der Waals surface area (Å²) in [6, 6.07) is 6.72. The monoisotopic (exact) mass is 219 g/mol. The molecular formula is C10H9N3O3. The number of anilines is 1. The molecule has 1 aliphatic heterocycles. The van der Waals surface area contributed by atoms with Crippen molar-refractivity contribution in [2.75, 3.05) is 5.32 Å². The van der Waals surface area contributed by atoms with Crippen LogP contribution in [0.1, 0.15) is 5.56 Å². The van der Waals surface area contributed by atoms with Gasteiger partial charge in [0.1, 0.15) is 5.71 Å². The number of rotatable bonds is 1. The predicted molar refractivity (Wildman–Crippen MR) is 56.1 cm³/mol. The number of benzene rings is 1. The van der Waals surface area contributed by atoms with Crippen molar-refractivity contribution in [2.45, 2.75) is 0 Å². The van der Waals surface area contributed by atoms with E-state index < -0.39 is 17.7 Å². The van der Waals surface area contributed by atoms with Crippen LogP contribution < -0.4 is 11.1 Å². The SMILES string of the molecule is NC(=O)C1C(=O)Nc2ccccc2/C1=N/O. The van der Waals surface area contributed by atoms with Gasteiger partial charge in [-0.2, -0.15) is 0 Å². The lowest BCUT2D eigenvalue weighted by atomic mass is 9.90. The van der Waals surface area contributed by atoms with Gasteiger partial charge in [0.25, 0.3) is 0 Å². The predicted octanol–water partition coefficient (Wildman–Crippen LogP) is -0.0815. The molecule has 1 aliphatic rings. The van der Waals surface area contributed by atoms with Gasteiger partial charge in [0.15, 0.2) is 5.92 Å². The summed E-state index contributed by atoms with van der Waals surface area (Å²) in [6.07, 6.45) is 0. The number of nitrogens with two attached hydrogens (primary N) is 1. The molecule has 1 unspecified atom stereocenters. The second-order valence-corrected chi connectivity index (χ2v) is 3.36. The van der Waals surface area contributed by atoms with Gasteiger partial charge in [-0.05, 0) is 6.07 Å². The summed E-state index contributed by atoms with van der Waals surface area (Å²) in [5.41, 5.74) is 6.06. The van der Waals surface area contributed by atoms with Crippen LogP contribution >= 0.6 is 0 Å². The summed E-state index contributed by atoms with van der Waals surface area (Å²) in [5.74, 6) is -2.68. The molecule has 1 heterocycles. The van der Waals surface area contributed by atoms with E-state index in [1.807, 2.05) is 0 Å². The van der Waals surface area contributed by atoms with Crippen molar-refractivity contribution in [1.82, 2.24) is 0 Å². The number of primary amides is 1. The average molecular weight is 219 g/mol. The fraction of sp³-hybridized carbons (Fsp3) is 0.100. The van der Waals surface area contributed by atoms with Gasteiger partial charge in [-0.1, -0.05) is 23.4 Å². The average Bonchev–Trinajstić information content (AvgIpc) is 2.26. The molecular weight excluding hydrogens is 210 g/mol. The van der Waals surface area contributed by atoms with Gasteiger partial charge in [-0.3, -0.25) is 9.59 Å². The number of carbonyl (C=O) groups is 2. The van der Waals surface area contributed by atoms with E-state index in [9.17, 15) is 9.59 Å². The molecule has 2 amide bonds. The molecule has 16 heavy (non-hydrogen) atoms. The Hall–Kier alpha value is -2.37. The Morgan fingerprint density at radius 3 is 2.75 bits per heavy atom. The molecule has 1 aromatic rings. The first-order valence-electron chi connectivity index (χ1n) is 4.56. The van der Waals surface area contributed by atoms with Crippen molar-refractivity contribution in [2.24, 2.45) is 16.8 Å². The number of nitrogens with zero attached hydrogens (tertiary/aromatic N) is 1. The first-order valence-corrected chi connectivity index (χ1v) is 4.56. The lowest BCUT2D eigenvalue weighted by Crippen LogP contribution is -2.43. The van der Waals surface area contributed by atoms with Crippen LogP contribution in [0.25, 0.3) is 0 Å². The van der Waals surface area contributed by atoms with E-state index in [1.165, 1.54) is 0 Å². The summed E-state index contributed by atoms with van der Waals surface area (Å²) >= 11 is 0. The molecule has 0 fully saturated rings. The van der Waals surface area contributed by atoms with Crippen molar-refractivity contribution in [3.8, 4) is 0 Å². The van der Waals surface area contributed by atoms with E-state index in [0.717, 1.165) is 0 Å². The lowest BCUT2D eigenvalue weighted by molar-refractivity contribution is -0.127. The summed E-state index contributed by atoms with van der Waals surface area (Å²) in [7, 11) is 0. The molecule has 0 spiro atoms. The highest BCUT2D eigenvalue weighted by Crippen LogP contribution is 2.25. The molecule has 0 bridgehead atoms. The summed E-state index contributed by atoms with van der Waals surface area (Å²) in [4.78, 5) is 22.7. The minimum atomic E-state index is -1.25. The number of oxime groups is 1.